The van der Waals surface area contributed by atoms with Gasteiger partial charge in [-0.25, -0.2) is 4.98 Å². The Morgan fingerprint density at radius 2 is 2.20 bits per heavy atom. The van der Waals surface area contributed by atoms with E-state index in [4.69, 9.17) is 9.47 Å². The summed E-state index contributed by atoms with van der Waals surface area (Å²) in [6.07, 6.45) is 0.436. The van der Waals surface area contributed by atoms with Crippen molar-refractivity contribution in [2.45, 2.75) is 13.3 Å². The second kappa shape index (κ2) is 7.04. The lowest BCUT2D eigenvalue weighted by molar-refractivity contribution is -0.134. The van der Waals surface area contributed by atoms with Crippen LogP contribution in [-0.4, -0.2) is 60.7 Å². The third-order valence-electron chi connectivity index (χ3n) is 3.03. The van der Waals surface area contributed by atoms with Gasteiger partial charge in [-0.3, -0.25) is 4.79 Å². The van der Waals surface area contributed by atoms with E-state index in [1.165, 1.54) is 0 Å². The monoisotopic (exact) mass is 280 g/mol. The predicted molar refractivity (Wildman–Crippen MR) is 73.8 cm³/mol. The molecule has 0 saturated carbocycles. The van der Waals surface area contributed by atoms with Crippen molar-refractivity contribution in [2.24, 2.45) is 0 Å². The summed E-state index contributed by atoms with van der Waals surface area (Å²) in [4.78, 5) is 22.1. The van der Waals surface area contributed by atoms with E-state index in [1.54, 1.807) is 20.1 Å². The number of morpholine rings is 1. The molecule has 0 radical (unpaired) electrons. The van der Waals surface area contributed by atoms with Crippen LogP contribution in [0.1, 0.15) is 12.2 Å². The first-order valence-corrected chi connectivity index (χ1v) is 6.68. The number of carbonyl (C=O) groups excluding carboxylic acids is 1. The molecule has 1 aliphatic rings. The molecule has 1 N–H and O–H groups in total. The minimum absolute atomic E-state index is 0.138. The lowest BCUT2D eigenvalue weighted by atomic mass is 10.3. The molecule has 1 aromatic heterocycles. The number of hydrogen-bond donors (Lipinski definition) is 1. The number of anilines is 1. The molecule has 1 amide bonds. The van der Waals surface area contributed by atoms with Crippen LogP contribution < -0.4 is 10.1 Å². The van der Waals surface area contributed by atoms with Crippen molar-refractivity contribution in [3.8, 4) is 5.88 Å². The standard InChI is InChI=1S/C13H20N4O3/c1-10-15-11(9-12(16-10)19-2)14-4-3-13(18)17-5-7-20-8-6-17/h9H,3-8H2,1-2H3,(H,14,15,16). The summed E-state index contributed by atoms with van der Waals surface area (Å²) < 4.78 is 10.3. The van der Waals surface area contributed by atoms with E-state index < -0.39 is 0 Å². The van der Waals surface area contributed by atoms with Gasteiger partial charge in [0.05, 0.1) is 20.3 Å². The normalized spacial score (nSPS) is 15.0. The fraction of sp³-hybridized carbons (Fsp3) is 0.615. The Morgan fingerprint density at radius 3 is 2.90 bits per heavy atom. The second-order valence-electron chi connectivity index (χ2n) is 4.51. The molecule has 1 aliphatic heterocycles. The molecule has 0 unspecified atom stereocenters. The summed E-state index contributed by atoms with van der Waals surface area (Å²) in [6.45, 7) is 4.95. The molecular formula is C13H20N4O3. The molecule has 2 heterocycles. The van der Waals surface area contributed by atoms with E-state index in [0.717, 1.165) is 0 Å². The molecule has 7 nitrogen and oxygen atoms in total. The van der Waals surface area contributed by atoms with E-state index in [2.05, 4.69) is 15.3 Å². The average molecular weight is 280 g/mol. The first-order valence-electron chi connectivity index (χ1n) is 6.68. The van der Waals surface area contributed by atoms with Crippen LogP contribution in [-0.2, 0) is 9.53 Å². The lowest BCUT2D eigenvalue weighted by Gasteiger charge is -2.26. The number of carbonyl (C=O) groups is 1. The molecule has 1 aromatic rings. The number of rotatable bonds is 5. The van der Waals surface area contributed by atoms with Gasteiger partial charge in [0.15, 0.2) is 0 Å². The highest BCUT2D eigenvalue weighted by molar-refractivity contribution is 5.76. The summed E-state index contributed by atoms with van der Waals surface area (Å²) in [6, 6.07) is 1.71. The SMILES string of the molecule is COc1cc(NCCC(=O)N2CCOCC2)nc(C)n1. The van der Waals surface area contributed by atoms with E-state index in [0.29, 0.717) is 56.8 Å². The summed E-state index contributed by atoms with van der Waals surface area (Å²) in [5.41, 5.74) is 0. The topological polar surface area (TPSA) is 76.6 Å². The molecule has 0 spiro atoms. The van der Waals surface area contributed by atoms with E-state index in [9.17, 15) is 4.79 Å². The van der Waals surface area contributed by atoms with Crippen molar-refractivity contribution in [2.75, 3.05) is 45.3 Å². The number of nitrogens with one attached hydrogen (secondary N) is 1. The Hall–Kier alpha value is -1.89. The molecule has 0 atom stereocenters. The number of hydrogen-bond acceptors (Lipinski definition) is 6. The lowest BCUT2D eigenvalue weighted by Crippen LogP contribution is -2.41. The molecule has 1 fully saturated rings. The van der Waals surface area contributed by atoms with Crippen molar-refractivity contribution < 1.29 is 14.3 Å². The maximum atomic E-state index is 12.0. The maximum absolute atomic E-state index is 12.0. The molecule has 2 rings (SSSR count). The van der Waals surface area contributed by atoms with E-state index >= 15 is 0 Å². The van der Waals surface area contributed by atoms with Gasteiger partial charge in [-0.05, 0) is 6.92 Å². The summed E-state index contributed by atoms with van der Waals surface area (Å²) in [7, 11) is 1.56. The smallest absolute Gasteiger partial charge is 0.224 e. The summed E-state index contributed by atoms with van der Waals surface area (Å²) in [5.74, 6) is 1.95. The number of aryl methyl sites for hydroxylation is 1. The quantitative estimate of drug-likeness (QED) is 0.844. The molecular weight excluding hydrogens is 260 g/mol. The van der Waals surface area contributed by atoms with Gasteiger partial charge >= 0.3 is 0 Å². The fourth-order valence-corrected chi connectivity index (χ4v) is 2.00. The molecule has 0 aromatic carbocycles. The number of nitrogens with zero attached hydrogens (tertiary/aromatic N) is 3. The second-order valence-corrected chi connectivity index (χ2v) is 4.51. The van der Waals surface area contributed by atoms with Crippen molar-refractivity contribution in [1.82, 2.24) is 14.9 Å². The van der Waals surface area contributed by atoms with Gasteiger partial charge in [-0.15, -0.1) is 0 Å². The Bertz CT molecular complexity index is 461. The van der Waals surface area contributed by atoms with Crippen molar-refractivity contribution in [3.05, 3.63) is 11.9 Å². The third kappa shape index (κ3) is 4.06. The largest absolute Gasteiger partial charge is 0.481 e. The minimum atomic E-state index is 0.138. The molecule has 110 valence electrons. The Labute approximate surface area is 118 Å². The number of aromatic nitrogens is 2. The zero-order valence-electron chi connectivity index (χ0n) is 11.9. The van der Waals surface area contributed by atoms with Gasteiger partial charge in [0, 0.05) is 32.1 Å². The molecule has 0 bridgehead atoms. The van der Waals surface area contributed by atoms with Crippen molar-refractivity contribution >= 4 is 11.7 Å². The first kappa shape index (κ1) is 14.5. The van der Waals surface area contributed by atoms with Crippen LogP contribution in [0.5, 0.6) is 5.88 Å². The Morgan fingerprint density at radius 1 is 1.45 bits per heavy atom. The highest BCUT2D eigenvalue weighted by atomic mass is 16.5. The number of methoxy groups -OCH3 is 1. The fourth-order valence-electron chi connectivity index (χ4n) is 2.00. The van der Waals surface area contributed by atoms with Crippen molar-refractivity contribution in [1.29, 1.82) is 0 Å². The summed E-state index contributed by atoms with van der Waals surface area (Å²) >= 11 is 0. The Balaban J connectivity index is 1.80. The minimum Gasteiger partial charge on any atom is -0.481 e. The van der Waals surface area contributed by atoms with Crippen LogP contribution in [0.4, 0.5) is 5.82 Å². The zero-order valence-corrected chi connectivity index (χ0v) is 11.9. The van der Waals surface area contributed by atoms with Gasteiger partial charge in [0.25, 0.3) is 0 Å². The van der Waals surface area contributed by atoms with Crippen LogP contribution in [0.15, 0.2) is 6.07 Å². The maximum Gasteiger partial charge on any atom is 0.224 e. The molecule has 1 saturated heterocycles. The van der Waals surface area contributed by atoms with Crippen LogP contribution in [0.3, 0.4) is 0 Å². The molecule has 7 heteroatoms. The number of amides is 1. The Kier molecular flexibility index (Phi) is 5.11. The average Bonchev–Trinajstić information content (AvgIpc) is 2.47. The van der Waals surface area contributed by atoms with Crippen molar-refractivity contribution in [3.63, 3.8) is 0 Å². The van der Waals surface area contributed by atoms with Crippen LogP contribution in [0, 0.1) is 6.92 Å². The number of ether oxygens (including phenoxy) is 2. The van der Waals surface area contributed by atoms with Gasteiger partial charge in [-0.2, -0.15) is 4.98 Å². The van der Waals surface area contributed by atoms with Crippen LogP contribution >= 0.6 is 0 Å². The van der Waals surface area contributed by atoms with Gasteiger partial charge in [0.2, 0.25) is 11.8 Å². The van der Waals surface area contributed by atoms with Gasteiger partial charge in [-0.1, -0.05) is 0 Å². The predicted octanol–water partition coefficient (Wildman–Crippen LogP) is 0.454. The highest BCUT2D eigenvalue weighted by Gasteiger charge is 2.16. The molecule has 0 aliphatic carbocycles. The summed E-state index contributed by atoms with van der Waals surface area (Å²) in [5, 5.41) is 3.12. The third-order valence-corrected chi connectivity index (χ3v) is 3.03. The first-order chi connectivity index (χ1) is 9.69. The molecule has 20 heavy (non-hydrogen) atoms. The van der Waals surface area contributed by atoms with Gasteiger partial charge < -0.3 is 19.7 Å². The van der Waals surface area contributed by atoms with Crippen LogP contribution in [0.25, 0.3) is 0 Å². The van der Waals surface area contributed by atoms with E-state index in [1.807, 2.05) is 4.90 Å². The van der Waals surface area contributed by atoms with E-state index in [-0.39, 0.29) is 5.91 Å². The highest BCUT2D eigenvalue weighted by Crippen LogP contribution is 2.12. The zero-order chi connectivity index (χ0) is 14.4. The van der Waals surface area contributed by atoms with Gasteiger partial charge in [0.1, 0.15) is 11.6 Å². The van der Waals surface area contributed by atoms with Crippen LogP contribution in [0.2, 0.25) is 0 Å².